The molecule has 1 atom stereocenters. The van der Waals surface area contributed by atoms with E-state index in [1.165, 1.54) is 11.1 Å². The van der Waals surface area contributed by atoms with Crippen molar-refractivity contribution in [2.75, 3.05) is 0 Å². The van der Waals surface area contributed by atoms with Crippen LogP contribution in [0.1, 0.15) is 33.6 Å². The first kappa shape index (κ1) is 15.5. The van der Waals surface area contributed by atoms with E-state index in [0.29, 0.717) is 0 Å². The second-order valence-electron chi connectivity index (χ2n) is 5.61. The molecular formula is C17H15F3N2O. The molecule has 0 spiro atoms. The standard InChI is InChI=1S/C17H15F3N2O/c18-17(19,20)15-8-6-13(10-21-15)16(23)22-14-7-5-11-3-1-2-4-12(11)9-14/h1-4,6,8,10,14H,5,7,9H2,(H,22,23). The van der Waals surface area contributed by atoms with Crippen molar-refractivity contribution in [3.05, 3.63) is 65.0 Å². The Bertz CT molecular complexity index is 711. The number of carbonyl (C=O) groups is 1. The third-order valence-electron chi connectivity index (χ3n) is 4.00. The molecule has 1 heterocycles. The maximum absolute atomic E-state index is 12.5. The minimum atomic E-state index is -4.50. The molecule has 6 heteroatoms. The molecule has 1 aromatic carbocycles. The zero-order chi connectivity index (χ0) is 16.4. The second-order valence-corrected chi connectivity index (χ2v) is 5.61. The van der Waals surface area contributed by atoms with Crippen molar-refractivity contribution in [3.8, 4) is 0 Å². The van der Waals surface area contributed by atoms with Gasteiger partial charge in [-0.05, 0) is 42.5 Å². The molecule has 0 saturated carbocycles. The summed E-state index contributed by atoms with van der Waals surface area (Å²) in [5.74, 6) is -0.393. The largest absolute Gasteiger partial charge is 0.433 e. The van der Waals surface area contributed by atoms with Gasteiger partial charge in [-0.15, -0.1) is 0 Å². The topological polar surface area (TPSA) is 42.0 Å². The molecule has 2 aromatic rings. The number of aryl methyl sites for hydroxylation is 1. The molecule has 1 N–H and O–H groups in total. The van der Waals surface area contributed by atoms with E-state index in [1.54, 1.807) is 0 Å². The average molecular weight is 320 g/mol. The van der Waals surface area contributed by atoms with Crippen LogP contribution in [0.4, 0.5) is 13.2 Å². The van der Waals surface area contributed by atoms with E-state index in [2.05, 4.69) is 16.4 Å². The molecule has 23 heavy (non-hydrogen) atoms. The lowest BCUT2D eigenvalue weighted by Gasteiger charge is -2.25. The Morgan fingerprint density at radius 1 is 1.13 bits per heavy atom. The fourth-order valence-electron chi connectivity index (χ4n) is 2.79. The monoisotopic (exact) mass is 320 g/mol. The highest BCUT2D eigenvalue weighted by Gasteiger charge is 2.32. The summed E-state index contributed by atoms with van der Waals surface area (Å²) in [6, 6.07) is 10.0. The molecule has 0 fully saturated rings. The van der Waals surface area contributed by atoms with Gasteiger partial charge in [-0.1, -0.05) is 24.3 Å². The summed E-state index contributed by atoms with van der Waals surface area (Å²) in [5.41, 5.74) is 1.63. The van der Waals surface area contributed by atoms with Gasteiger partial charge in [0.15, 0.2) is 0 Å². The first-order valence-electron chi connectivity index (χ1n) is 7.34. The summed E-state index contributed by atoms with van der Waals surface area (Å²) in [5, 5.41) is 2.87. The van der Waals surface area contributed by atoms with Crippen LogP contribution < -0.4 is 5.32 Å². The number of hydrogen-bond donors (Lipinski definition) is 1. The lowest BCUT2D eigenvalue weighted by Crippen LogP contribution is -2.38. The minimum absolute atomic E-state index is 0.0142. The van der Waals surface area contributed by atoms with Gasteiger partial charge in [-0.2, -0.15) is 13.2 Å². The zero-order valence-corrected chi connectivity index (χ0v) is 12.2. The number of rotatable bonds is 2. The van der Waals surface area contributed by atoms with Crippen LogP contribution >= 0.6 is 0 Å². The van der Waals surface area contributed by atoms with E-state index in [1.807, 2.05) is 18.2 Å². The molecule has 1 unspecified atom stereocenters. The number of fused-ring (bicyclic) bond motifs is 1. The predicted octanol–water partition coefficient (Wildman–Crippen LogP) is 3.39. The number of carbonyl (C=O) groups excluding carboxylic acids is 1. The van der Waals surface area contributed by atoms with Crippen molar-refractivity contribution >= 4 is 5.91 Å². The number of halogens is 3. The Morgan fingerprint density at radius 3 is 2.52 bits per heavy atom. The fraction of sp³-hybridized carbons (Fsp3) is 0.294. The van der Waals surface area contributed by atoms with Crippen LogP contribution in [0.15, 0.2) is 42.6 Å². The average Bonchev–Trinajstić information content (AvgIpc) is 2.54. The van der Waals surface area contributed by atoms with Gasteiger partial charge in [0.1, 0.15) is 5.69 Å². The van der Waals surface area contributed by atoms with Crippen LogP contribution in [0.5, 0.6) is 0 Å². The molecule has 3 nitrogen and oxygen atoms in total. The lowest BCUT2D eigenvalue weighted by molar-refractivity contribution is -0.141. The highest BCUT2D eigenvalue weighted by Crippen LogP contribution is 2.27. The molecule has 0 aliphatic heterocycles. The van der Waals surface area contributed by atoms with Gasteiger partial charge in [0, 0.05) is 12.2 Å². The van der Waals surface area contributed by atoms with Crippen molar-refractivity contribution in [1.82, 2.24) is 10.3 Å². The summed E-state index contributed by atoms with van der Waals surface area (Å²) in [6.45, 7) is 0. The number of amides is 1. The summed E-state index contributed by atoms with van der Waals surface area (Å²) in [4.78, 5) is 15.5. The van der Waals surface area contributed by atoms with Crippen LogP contribution in [0.2, 0.25) is 0 Å². The summed E-state index contributed by atoms with van der Waals surface area (Å²) in [6.07, 6.45) is -1.10. The quantitative estimate of drug-likeness (QED) is 0.921. The Morgan fingerprint density at radius 2 is 1.87 bits per heavy atom. The molecule has 1 aliphatic carbocycles. The second kappa shape index (κ2) is 6.02. The number of aromatic nitrogens is 1. The SMILES string of the molecule is O=C(NC1CCc2ccccc2C1)c1ccc(C(F)(F)F)nc1. The molecule has 1 amide bonds. The first-order chi connectivity index (χ1) is 10.9. The Kier molecular flexibility index (Phi) is 4.07. The highest BCUT2D eigenvalue weighted by molar-refractivity contribution is 5.94. The number of nitrogens with one attached hydrogen (secondary N) is 1. The van der Waals surface area contributed by atoms with E-state index in [4.69, 9.17) is 0 Å². The van der Waals surface area contributed by atoms with Crippen molar-refractivity contribution in [2.24, 2.45) is 0 Å². The van der Waals surface area contributed by atoms with Crippen LogP contribution in [0.25, 0.3) is 0 Å². The Hall–Kier alpha value is -2.37. The van der Waals surface area contributed by atoms with Crippen molar-refractivity contribution in [3.63, 3.8) is 0 Å². The minimum Gasteiger partial charge on any atom is -0.349 e. The van der Waals surface area contributed by atoms with Crippen LogP contribution in [0, 0.1) is 0 Å². The summed E-state index contributed by atoms with van der Waals surface area (Å²) >= 11 is 0. The molecule has 120 valence electrons. The van der Waals surface area contributed by atoms with Gasteiger partial charge in [0.2, 0.25) is 0 Å². The molecule has 1 aromatic heterocycles. The van der Waals surface area contributed by atoms with Crippen molar-refractivity contribution in [2.45, 2.75) is 31.5 Å². The van der Waals surface area contributed by atoms with Gasteiger partial charge in [-0.3, -0.25) is 9.78 Å². The van der Waals surface area contributed by atoms with Gasteiger partial charge in [-0.25, -0.2) is 0 Å². The third-order valence-corrected chi connectivity index (χ3v) is 4.00. The van der Waals surface area contributed by atoms with Gasteiger partial charge < -0.3 is 5.32 Å². The molecule has 1 aliphatic rings. The lowest BCUT2D eigenvalue weighted by atomic mass is 9.88. The maximum Gasteiger partial charge on any atom is 0.433 e. The third kappa shape index (κ3) is 3.52. The molecule has 0 bridgehead atoms. The van der Waals surface area contributed by atoms with Crippen LogP contribution in [0.3, 0.4) is 0 Å². The molecular weight excluding hydrogens is 305 g/mol. The summed E-state index contributed by atoms with van der Waals surface area (Å²) < 4.78 is 37.4. The number of alkyl halides is 3. The van der Waals surface area contributed by atoms with Crippen LogP contribution in [-0.4, -0.2) is 16.9 Å². The number of hydrogen-bond acceptors (Lipinski definition) is 2. The normalized spacial score (nSPS) is 17.4. The Balaban J connectivity index is 1.66. The van der Waals surface area contributed by atoms with E-state index >= 15 is 0 Å². The van der Waals surface area contributed by atoms with Gasteiger partial charge in [0.25, 0.3) is 5.91 Å². The first-order valence-corrected chi connectivity index (χ1v) is 7.34. The maximum atomic E-state index is 12.5. The summed E-state index contributed by atoms with van der Waals surface area (Å²) in [7, 11) is 0. The highest BCUT2D eigenvalue weighted by atomic mass is 19.4. The van der Waals surface area contributed by atoms with E-state index in [-0.39, 0.29) is 11.6 Å². The Labute approximate surface area is 131 Å². The molecule has 0 radical (unpaired) electrons. The van der Waals surface area contributed by atoms with Crippen LogP contribution in [-0.2, 0) is 19.0 Å². The van der Waals surface area contributed by atoms with E-state index in [0.717, 1.165) is 37.6 Å². The zero-order valence-electron chi connectivity index (χ0n) is 12.2. The predicted molar refractivity (Wildman–Crippen MR) is 79.0 cm³/mol. The molecule has 0 saturated heterocycles. The number of benzene rings is 1. The number of nitrogens with zero attached hydrogens (tertiary/aromatic N) is 1. The van der Waals surface area contributed by atoms with Gasteiger partial charge in [0.05, 0.1) is 5.56 Å². The van der Waals surface area contributed by atoms with E-state index in [9.17, 15) is 18.0 Å². The molecule has 3 rings (SSSR count). The number of pyridine rings is 1. The van der Waals surface area contributed by atoms with Crippen molar-refractivity contribution in [1.29, 1.82) is 0 Å². The van der Waals surface area contributed by atoms with E-state index < -0.39 is 17.8 Å². The van der Waals surface area contributed by atoms with Gasteiger partial charge >= 0.3 is 6.18 Å². The van der Waals surface area contributed by atoms with Crippen molar-refractivity contribution < 1.29 is 18.0 Å². The fourth-order valence-corrected chi connectivity index (χ4v) is 2.79. The smallest absolute Gasteiger partial charge is 0.349 e.